The van der Waals surface area contributed by atoms with Gasteiger partial charge in [-0.15, -0.1) is 11.3 Å². The van der Waals surface area contributed by atoms with Gasteiger partial charge in [0, 0.05) is 5.56 Å². The lowest BCUT2D eigenvalue weighted by Gasteiger charge is -2.10. The Balaban J connectivity index is 1.56. The Morgan fingerprint density at radius 2 is 1.74 bits per heavy atom. The Hall–Kier alpha value is -3.69. The third-order valence-electron chi connectivity index (χ3n) is 4.48. The fraction of sp³-hybridized carbons (Fsp3) is 0. The second-order valence-electron chi connectivity index (χ2n) is 6.50. The van der Waals surface area contributed by atoms with Crippen molar-refractivity contribution in [1.29, 1.82) is 0 Å². The van der Waals surface area contributed by atoms with Crippen LogP contribution in [0.2, 0.25) is 0 Å². The van der Waals surface area contributed by atoms with Crippen molar-refractivity contribution in [2.24, 2.45) is 5.10 Å². The van der Waals surface area contributed by atoms with Crippen LogP contribution in [-0.2, 0) is 10.0 Å². The van der Waals surface area contributed by atoms with Gasteiger partial charge in [0.2, 0.25) is 0 Å². The molecular formula is C22H17N3O4S2. The number of phenolic OH excluding ortho intramolecular Hbond substituents is 1. The number of hydrogen-bond donors (Lipinski definition) is 3. The number of benzene rings is 3. The predicted molar refractivity (Wildman–Crippen MR) is 122 cm³/mol. The van der Waals surface area contributed by atoms with E-state index in [9.17, 15) is 18.3 Å². The Labute approximate surface area is 182 Å². The number of amides is 1. The van der Waals surface area contributed by atoms with Gasteiger partial charge >= 0.3 is 0 Å². The molecular weight excluding hydrogens is 434 g/mol. The Kier molecular flexibility index (Phi) is 5.70. The van der Waals surface area contributed by atoms with E-state index in [-0.39, 0.29) is 21.2 Å². The van der Waals surface area contributed by atoms with Crippen molar-refractivity contribution in [1.82, 2.24) is 5.43 Å². The standard InChI is InChI=1S/C22H17N3O4S2/c26-20-12-11-15-6-1-2-7-16(15)18(20)14-23-24-22(27)17-8-3-4-9-19(17)25-31(28,29)21-10-5-13-30-21/h1-14,25-26H,(H,24,27). The van der Waals surface area contributed by atoms with E-state index >= 15 is 0 Å². The van der Waals surface area contributed by atoms with Crippen molar-refractivity contribution in [3.05, 3.63) is 89.3 Å². The molecule has 0 atom stereocenters. The molecule has 1 heterocycles. The van der Waals surface area contributed by atoms with Crippen LogP contribution >= 0.6 is 11.3 Å². The molecule has 31 heavy (non-hydrogen) atoms. The number of nitrogens with one attached hydrogen (secondary N) is 2. The van der Waals surface area contributed by atoms with Gasteiger partial charge in [0.25, 0.3) is 15.9 Å². The van der Waals surface area contributed by atoms with E-state index in [0.29, 0.717) is 5.56 Å². The summed E-state index contributed by atoms with van der Waals surface area (Å²) in [5.74, 6) is -0.568. The number of phenols is 1. The molecule has 4 rings (SSSR count). The highest BCUT2D eigenvalue weighted by molar-refractivity contribution is 7.94. The highest BCUT2D eigenvalue weighted by Crippen LogP contribution is 2.26. The largest absolute Gasteiger partial charge is 0.507 e. The zero-order valence-electron chi connectivity index (χ0n) is 16.0. The van der Waals surface area contributed by atoms with Crippen LogP contribution in [0.4, 0.5) is 5.69 Å². The molecule has 1 aromatic heterocycles. The first-order valence-electron chi connectivity index (χ1n) is 9.15. The Bertz CT molecular complexity index is 1380. The van der Waals surface area contributed by atoms with Crippen LogP contribution in [0.15, 0.2) is 87.5 Å². The van der Waals surface area contributed by atoms with Gasteiger partial charge < -0.3 is 5.11 Å². The van der Waals surface area contributed by atoms with Gasteiger partial charge in [0.1, 0.15) is 9.96 Å². The monoisotopic (exact) mass is 451 g/mol. The van der Waals surface area contributed by atoms with Crippen LogP contribution in [0, 0.1) is 0 Å². The van der Waals surface area contributed by atoms with Crippen molar-refractivity contribution in [3.8, 4) is 5.75 Å². The van der Waals surface area contributed by atoms with Crippen LogP contribution in [0.25, 0.3) is 10.8 Å². The van der Waals surface area contributed by atoms with Crippen LogP contribution in [0.5, 0.6) is 5.75 Å². The Morgan fingerprint density at radius 3 is 2.55 bits per heavy atom. The molecule has 0 spiro atoms. The number of hydrogen-bond acceptors (Lipinski definition) is 6. The molecule has 0 unspecified atom stereocenters. The molecule has 3 aromatic carbocycles. The van der Waals surface area contributed by atoms with E-state index in [1.807, 2.05) is 24.3 Å². The lowest BCUT2D eigenvalue weighted by atomic mass is 10.0. The molecule has 156 valence electrons. The van der Waals surface area contributed by atoms with E-state index in [4.69, 9.17) is 0 Å². The summed E-state index contributed by atoms with van der Waals surface area (Å²) in [7, 11) is -3.80. The molecule has 0 aliphatic rings. The quantitative estimate of drug-likeness (QED) is 0.302. The average Bonchev–Trinajstić information content (AvgIpc) is 3.31. The van der Waals surface area contributed by atoms with Gasteiger partial charge in [-0.3, -0.25) is 9.52 Å². The number of fused-ring (bicyclic) bond motifs is 1. The first-order valence-corrected chi connectivity index (χ1v) is 11.5. The number of para-hydroxylation sites is 1. The topological polar surface area (TPSA) is 108 Å². The minimum Gasteiger partial charge on any atom is -0.507 e. The minimum atomic E-state index is -3.80. The fourth-order valence-electron chi connectivity index (χ4n) is 3.02. The van der Waals surface area contributed by atoms with Crippen molar-refractivity contribution >= 4 is 49.9 Å². The summed E-state index contributed by atoms with van der Waals surface area (Å²) in [6.45, 7) is 0. The maximum Gasteiger partial charge on any atom is 0.273 e. The maximum atomic E-state index is 12.7. The van der Waals surface area contributed by atoms with Gasteiger partial charge in [-0.05, 0) is 40.4 Å². The van der Waals surface area contributed by atoms with E-state index in [1.54, 1.807) is 35.7 Å². The third-order valence-corrected chi connectivity index (χ3v) is 7.25. The molecule has 7 nitrogen and oxygen atoms in total. The van der Waals surface area contributed by atoms with Gasteiger partial charge in [0.05, 0.1) is 17.5 Å². The van der Waals surface area contributed by atoms with Crippen LogP contribution < -0.4 is 10.1 Å². The number of hydrazone groups is 1. The first kappa shape index (κ1) is 20.6. The smallest absolute Gasteiger partial charge is 0.273 e. The molecule has 0 aliphatic heterocycles. The van der Waals surface area contributed by atoms with Crippen molar-refractivity contribution in [3.63, 3.8) is 0 Å². The van der Waals surface area contributed by atoms with E-state index in [1.165, 1.54) is 24.4 Å². The minimum absolute atomic E-state index is 0.0285. The highest BCUT2D eigenvalue weighted by atomic mass is 32.2. The second-order valence-corrected chi connectivity index (χ2v) is 9.36. The van der Waals surface area contributed by atoms with Gasteiger partial charge in [0.15, 0.2) is 0 Å². The molecule has 0 saturated carbocycles. The van der Waals surface area contributed by atoms with E-state index in [2.05, 4.69) is 15.2 Å². The van der Waals surface area contributed by atoms with Crippen molar-refractivity contribution in [2.45, 2.75) is 4.21 Å². The summed E-state index contributed by atoms with van der Waals surface area (Å²) in [5.41, 5.74) is 3.10. The zero-order valence-corrected chi connectivity index (χ0v) is 17.7. The van der Waals surface area contributed by atoms with Gasteiger partial charge in [-0.25, -0.2) is 13.8 Å². The van der Waals surface area contributed by atoms with Crippen molar-refractivity contribution < 1.29 is 18.3 Å². The van der Waals surface area contributed by atoms with Crippen molar-refractivity contribution in [2.75, 3.05) is 4.72 Å². The third kappa shape index (κ3) is 4.42. The lowest BCUT2D eigenvalue weighted by Crippen LogP contribution is -2.21. The highest BCUT2D eigenvalue weighted by Gasteiger charge is 2.19. The maximum absolute atomic E-state index is 12.7. The van der Waals surface area contributed by atoms with Gasteiger partial charge in [-0.1, -0.05) is 48.5 Å². The number of sulfonamides is 1. The molecule has 3 N–H and O–H groups in total. The number of anilines is 1. The second kappa shape index (κ2) is 8.58. The fourth-order valence-corrected chi connectivity index (χ4v) is 5.09. The van der Waals surface area contributed by atoms with Crippen LogP contribution in [0.1, 0.15) is 15.9 Å². The lowest BCUT2D eigenvalue weighted by molar-refractivity contribution is 0.0956. The summed E-state index contributed by atoms with van der Waals surface area (Å²) in [6.07, 6.45) is 1.36. The molecule has 0 saturated heterocycles. The summed E-state index contributed by atoms with van der Waals surface area (Å²) in [5, 5.41) is 17.5. The average molecular weight is 452 g/mol. The molecule has 0 radical (unpaired) electrons. The molecule has 4 aromatic rings. The molecule has 1 amide bonds. The predicted octanol–water partition coefficient (Wildman–Crippen LogP) is 4.17. The number of carbonyl (C=O) groups is 1. The number of rotatable bonds is 6. The van der Waals surface area contributed by atoms with Crippen LogP contribution in [-0.4, -0.2) is 25.6 Å². The number of aromatic hydroxyl groups is 1. The molecule has 0 aliphatic carbocycles. The number of thiophene rings is 1. The number of nitrogens with zero attached hydrogens (tertiary/aromatic N) is 1. The summed E-state index contributed by atoms with van der Waals surface area (Å²) in [4.78, 5) is 12.7. The van der Waals surface area contributed by atoms with Gasteiger partial charge in [-0.2, -0.15) is 5.10 Å². The van der Waals surface area contributed by atoms with Crippen LogP contribution in [0.3, 0.4) is 0 Å². The normalized spacial score (nSPS) is 11.6. The molecule has 9 heteroatoms. The van der Waals surface area contributed by atoms with E-state index < -0.39 is 15.9 Å². The summed E-state index contributed by atoms with van der Waals surface area (Å²) < 4.78 is 27.6. The number of carbonyl (C=O) groups excluding carboxylic acids is 1. The summed E-state index contributed by atoms with van der Waals surface area (Å²) in [6, 6.07) is 20.2. The first-order chi connectivity index (χ1) is 15.0. The summed E-state index contributed by atoms with van der Waals surface area (Å²) >= 11 is 1.08. The zero-order chi connectivity index (χ0) is 21.8. The molecule has 0 bridgehead atoms. The SMILES string of the molecule is O=C(NN=Cc1c(O)ccc2ccccc12)c1ccccc1NS(=O)(=O)c1cccs1. The van der Waals surface area contributed by atoms with E-state index in [0.717, 1.165) is 22.1 Å². The molecule has 0 fully saturated rings. The Morgan fingerprint density at radius 1 is 0.968 bits per heavy atom.